The van der Waals surface area contributed by atoms with Gasteiger partial charge in [-0.2, -0.15) is 15.0 Å². The number of anilines is 2. The van der Waals surface area contributed by atoms with Gasteiger partial charge in [-0.3, -0.25) is 0 Å². The molecule has 1 aliphatic heterocycles. The second kappa shape index (κ2) is 6.10. The number of nitrogens with zero attached hydrogens (tertiary/aromatic N) is 5. The van der Waals surface area contributed by atoms with Crippen LogP contribution in [0.15, 0.2) is 11.6 Å². The fourth-order valence-corrected chi connectivity index (χ4v) is 2.59. The Morgan fingerprint density at radius 1 is 1.30 bits per heavy atom. The monoisotopic (exact) mass is 292 g/mol. The van der Waals surface area contributed by atoms with E-state index < -0.39 is 0 Å². The van der Waals surface area contributed by atoms with E-state index in [2.05, 4.69) is 30.2 Å². The molecule has 0 atom stereocenters. The second-order valence-corrected chi connectivity index (χ2v) is 5.31. The first kappa shape index (κ1) is 13.2. The smallest absolute Gasteiger partial charge is 0.230 e. The zero-order valence-electron chi connectivity index (χ0n) is 11.2. The van der Waals surface area contributed by atoms with E-state index in [1.54, 1.807) is 17.5 Å². The number of thiazole rings is 1. The molecule has 1 saturated heterocycles. The van der Waals surface area contributed by atoms with E-state index in [1.807, 2.05) is 12.4 Å². The van der Waals surface area contributed by atoms with Crippen LogP contribution in [0.2, 0.25) is 0 Å². The van der Waals surface area contributed by atoms with Crippen LogP contribution in [0.5, 0.6) is 0 Å². The molecule has 106 valence electrons. The Balaban J connectivity index is 1.85. The minimum Gasteiger partial charge on any atom is -0.378 e. The molecule has 0 aromatic carbocycles. The highest BCUT2D eigenvalue weighted by Gasteiger charge is 2.16. The summed E-state index contributed by atoms with van der Waals surface area (Å²) in [5.74, 6) is 2.04. The Morgan fingerprint density at radius 3 is 2.85 bits per heavy atom. The average molecular weight is 292 g/mol. The van der Waals surface area contributed by atoms with Crippen LogP contribution in [0.1, 0.15) is 10.8 Å². The summed E-state index contributed by atoms with van der Waals surface area (Å²) in [6.07, 6.45) is 2.43. The van der Waals surface area contributed by atoms with Gasteiger partial charge in [0.15, 0.2) is 0 Å². The molecular formula is C12H16N6OS. The second-order valence-electron chi connectivity index (χ2n) is 4.33. The van der Waals surface area contributed by atoms with Gasteiger partial charge in [0.2, 0.25) is 11.9 Å². The number of ether oxygens (including phenoxy) is 1. The fraction of sp³-hybridized carbons (Fsp3) is 0.500. The van der Waals surface area contributed by atoms with E-state index in [9.17, 15) is 0 Å². The Morgan fingerprint density at radius 2 is 2.15 bits per heavy atom. The van der Waals surface area contributed by atoms with Crippen molar-refractivity contribution in [2.24, 2.45) is 0 Å². The number of hydrogen-bond donors (Lipinski definition) is 1. The standard InChI is InChI=1S/C12H16N6OS/c1-13-11-15-9(8-10-14-2-7-20-10)16-12(17-11)18-3-5-19-6-4-18/h2,7H,3-6,8H2,1H3,(H,13,15,16,17). The molecule has 1 fully saturated rings. The Hall–Kier alpha value is -1.80. The van der Waals surface area contributed by atoms with Gasteiger partial charge < -0.3 is 15.0 Å². The maximum absolute atomic E-state index is 5.36. The third kappa shape index (κ3) is 3.02. The SMILES string of the molecule is CNc1nc(Cc2nccs2)nc(N2CCOCC2)n1. The first-order valence-corrected chi connectivity index (χ1v) is 7.37. The topological polar surface area (TPSA) is 76.1 Å². The van der Waals surface area contributed by atoms with Crippen LogP contribution in [0, 0.1) is 0 Å². The summed E-state index contributed by atoms with van der Waals surface area (Å²) < 4.78 is 5.36. The molecule has 1 aliphatic rings. The van der Waals surface area contributed by atoms with E-state index in [1.165, 1.54) is 0 Å². The summed E-state index contributed by atoms with van der Waals surface area (Å²) in [6.45, 7) is 3.04. The maximum atomic E-state index is 5.36. The summed E-state index contributed by atoms with van der Waals surface area (Å²) in [5, 5.41) is 5.95. The highest BCUT2D eigenvalue weighted by atomic mass is 32.1. The average Bonchev–Trinajstić information content (AvgIpc) is 3.00. The van der Waals surface area contributed by atoms with E-state index >= 15 is 0 Å². The largest absolute Gasteiger partial charge is 0.378 e. The molecule has 0 unspecified atom stereocenters. The van der Waals surface area contributed by atoms with Gasteiger partial charge in [0.1, 0.15) is 10.8 Å². The Kier molecular flexibility index (Phi) is 4.03. The molecule has 0 amide bonds. The van der Waals surface area contributed by atoms with Gasteiger partial charge in [-0.05, 0) is 0 Å². The van der Waals surface area contributed by atoms with E-state index in [0.717, 1.165) is 23.9 Å². The van der Waals surface area contributed by atoms with Crippen LogP contribution in [0.3, 0.4) is 0 Å². The molecule has 0 radical (unpaired) electrons. The third-order valence-electron chi connectivity index (χ3n) is 2.98. The van der Waals surface area contributed by atoms with Crippen LogP contribution < -0.4 is 10.2 Å². The molecule has 3 rings (SSSR count). The highest BCUT2D eigenvalue weighted by molar-refractivity contribution is 7.09. The third-order valence-corrected chi connectivity index (χ3v) is 3.76. The number of aromatic nitrogens is 4. The summed E-state index contributed by atoms with van der Waals surface area (Å²) in [5.41, 5.74) is 0. The van der Waals surface area contributed by atoms with E-state index in [-0.39, 0.29) is 0 Å². The Labute approximate surface area is 121 Å². The van der Waals surface area contributed by atoms with Crippen LogP contribution in [-0.2, 0) is 11.2 Å². The van der Waals surface area contributed by atoms with Gasteiger partial charge in [-0.25, -0.2) is 4.98 Å². The van der Waals surface area contributed by atoms with Gasteiger partial charge in [-0.1, -0.05) is 0 Å². The van der Waals surface area contributed by atoms with Crippen LogP contribution in [0.25, 0.3) is 0 Å². The van der Waals surface area contributed by atoms with Crippen molar-refractivity contribution in [2.75, 3.05) is 43.6 Å². The van der Waals surface area contributed by atoms with Gasteiger partial charge in [0.05, 0.1) is 19.6 Å². The van der Waals surface area contributed by atoms with Crippen molar-refractivity contribution in [3.8, 4) is 0 Å². The van der Waals surface area contributed by atoms with Crippen molar-refractivity contribution in [1.29, 1.82) is 0 Å². The van der Waals surface area contributed by atoms with Crippen molar-refractivity contribution < 1.29 is 4.74 Å². The number of nitrogens with one attached hydrogen (secondary N) is 1. The predicted octanol–water partition coefficient (Wildman–Crippen LogP) is 0.797. The van der Waals surface area contributed by atoms with Crippen molar-refractivity contribution in [3.05, 3.63) is 22.4 Å². The maximum Gasteiger partial charge on any atom is 0.230 e. The zero-order chi connectivity index (χ0) is 13.8. The lowest BCUT2D eigenvalue weighted by atomic mass is 10.4. The first-order chi connectivity index (χ1) is 9.85. The van der Waals surface area contributed by atoms with E-state index in [4.69, 9.17) is 4.74 Å². The molecule has 0 bridgehead atoms. The minimum absolute atomic E-state index is 0.591. The van der Waals surface area contributed by atoms with Gasteiger partial charge in [0, 0.05) is 31.7 Å². The summed E-state index contributed by atoms with van der Waals surface area (Å²) >= 11 is 1.61. The molecule has 7 nitrogen and oxygen atoms in total. The molecule has 3 heterocycles. The summed E-state index contributed by atoms with van der Waals surface area (Å²) in [7, 11) is 1.81. The van der Waals surface area contributed by atoms with E-state index in [0.29, 0.717) is 31.5 Å². The molecule has 2 aromatic rings. The van der Waals surface area contributed by atoms with Crippen molar-refractivity contribution in [3.63, 3.8) is 0 Å². The van der Waals surface area contributed by atoms with Gasteiger partial charge in [-0.15, -0.1) is 11.3 Å². The molecule has 0 saturated carbocycles. The minimum atomic E-state index is 0.591. The predicted molar refractivity (Wildman–Crippen MR) is 77.3 cm³/mol. The highest BCUT2D eigenvalue weighted by Crippen LogP contribution is 2.15. The van der Waals surface area contributed by atoms with Crippen LogP contribution >= 0.6 is 11.3 Å². The zero-order valence-corrected chi connectivity index (χ0v) is 12.1. The molecule has 1 N–H and O–H groups in total. The summed E-state index contributed by atoms with van der Waals surface area (Å²) in [6, 6.07) is 0. The van der Waals surface area contributed by atoms with Crippen molar-refractivity contribution in [1.82, 2.24) is 19.9 Å². The molecule has 8 heteroatoms. The molecule has 20 heavy (non-hydrogen) atoms. The van der Waals surface area contributed by atoms with Crippen molar-refractivity contribution >= 4 is 23.2 Å². The fourth-order valence-electron chi connectivity index (χ4n) is 1.98. The molecule has 0 aliphatic carbocycles. The van der Waals surface area contributed by atoms with Crippen LogP contribution in [-0.4, -0.2) is 53.3 Å². The number of hydrogen-bond acceptors (Lipinski definition) is 8. The number of rotatable bonds is 4. The lowest BCUT2D eigenvalue weighted by molar-refractivity contribution is 0.122. The van der Waals surface area contributed by atoms with Gasteiger partial charge >= 0.3 is 0 Å². The lowest BCUT2D eigenvalue weighted by Gasteiger charge is -2.27. The van der Waals surface area contributed by atoms with Crippen LogP contribution in [0.4, 0.5) is 11.9 Å². The lowest BCUT2D eigenvalue weighted by Crippen LogP contribution is -2.37. The summed E-state index contributed by atoms with van der Waals surface area (Å²) in [4.78, 5) is 19.8. The Bertz CT molecular complexity index is 555. The molecular weight excluding hydrogens is 276 g/mol. The molecule has 2 aromatic heterocycles. The normalized spacial score (nSPS) is 15.3. The van der Waals surface area contributed by atoms with Gasteiger partial charge in [0.25, 0.3) is 0 Å². The van der Waals surface area contributed by atoms with Crippen molar-refractivity contribution in [2.45, 2.75) is 6.42 Å². The first-order valence-electron chi connectivity index (χ1n) is 6.49. The quantitative estimate of drug-likeness (QED) is 0.893. The number of morpholine rings is 1. The molecule has 0 spiro atoms.